The second kappa shape index (κ2) is 38.2. The first-order chi connectivity index (χ1) is 26.6. The molecule has 54 heavy (non-hydrogen) atoms. The van der Waals surface area contributed by atoms with Gasteiger partial charge in [-0.25, -0.2) is 0 Å². The predicted octanol–water partition coefficient (Wildman–Crippen LogP) is 15.7. The molecule has 1 heterocycles. The molecule has 0 saturated carbocycles. The minimum absolute atomic E-state index is 0.755. The third-order valence-corrected chi connectivity index (χ3v) is 8.39. The summed E-state index contributed by atoms with van der Waals surface area (Å²) in [5, 5.41) is 0. The van der Waals surface area contributed by atoms with Crippen molar-refractivity contribution >= 4 is 5.70 Å². The molecule has 2 heteroatoms. The molecule has 0 bridgehead atoms. The van der Waals surface area contributed by atoms with E-state index in [1.807, 2.05) is 0 Å². The molecule has 0 atom stereocenters. The normalized spacial score (nSPS) is 13.3. The largest absolute Gasteiger partial charge is 0.403 e. The molecule has 0 amide bonds. The quantitative estimate of drug-likeness (QED) is 0.0567. The van der Waals surface area contributed by atoms with Crippen molar-refractivity contribution in [3.63, 3.8) is 0 Å². The average molecular weight is 727 g/mol. The highest BCUT2D eigenvalue weighted by Crippen LogP contribution is 2.15. The van der Waals surface area contributed by atoms with Crippen molar-refractivity contribution in [1.82, 2.24) is 4.57 Å². The highest BCUT2D eigenvalue weighted by atomic mass is 14.9. The lowest BCUT2D eigenvalue weighted by molar-refractivity contribution is 0.746. The Hall–Kier alpha value is -4.56. The fraction of sp³-hybridized carbons (Fsp3) is 0.385. The molecule has 1 rings (SSSR count). The number of aromatic nitrogens is 1. The van der Waals surface area contributed by atoms with E-state index in [0.29, 0.717) is 0 Å². The minimum Gasteiger partial charge on any atom is -0.403 e. The van der Waals surface area contributed by atoms with Gasteiger partial charge >= 0.3 is 0 Å². The lowest BCUT2D eigenvalue weighted by atomic mass is 10.1. The summed E-state index contributed by atoms with van der Waals surface area (Å²) in [5.74, 6) is 0. The molecule has 0 radical (unpaired) electrons. The maximum Gasteiger partial charge on any atom is 0.0151 e. The first kappa shape index (κ1) is 47.5. The number of nitrogens with zero attached hydrogens (tertiary/aromatic N) is 1. The molecule has 0 fully saturated rings. The van der Waals surface area contributed by atoms with Crippen LogP contribution in [0.3, 0.4) is 0 Å². The summed E-state index contributed by atoms with van der Waals surface area (Å²) in [6.07, 6.45) is 78.0. The van der Waals surface area contributed by atoms with Crippen LogP contribution in [0.2, 0.25) is 0 Å². The van der Waals surface area contributed by atoms with E-state index in [9.17, 15) is 0 Å². The Bertz CT molecular complexity index is 1440. The molecular formula is C52H74N2. The van der Waals surface area contributed by atoms with E-state index in [0.717, 1.165) is 121 Å². The van der Waals surface area contributed by atoms with Crippen molar-refractivity contribution < 1.29 is 0 Å². The minimum atomic E-state index is 0.755. The van der Waals surface area contributed by atoms with Crippen LogP contribution in [0.4, 0.5) is 0 Å². The molecule has 0 spiro atoms. The Kier molecular flexibility index (Phi) is 33.6. The van der Waals surface area contributed by atoms with Crippen LogP contribution in [0.15, 0.2) is 183 Å². The maximum atomic E-state index is 5.57. The van der Waals surface area contributed by atoms with Crippen LogP contribution in [-0.2, 0) is 6.42 Å². The van der Waals surface area contributed by atoms with E-state index in [2.05, 4.69) is 189 Å². The van der Waals surface area contributed by atoms with Gasteiger partial charge in [-0.05, 0) is 134 Å². The van der Waals surface area contributed by atoms with Crippen LogP contribution in [0, 0.1) is 0 Å². The van der Waals surface area contributed by atoms with E-state index in [4.69, 9.17) is 5.73 Å². The van der Waals surface area contributed by atoms with Gasteiger partial charge in [-0.3, -0.25) is 0 Å². The van der Waals surface area contributed by atoms with Crippen molar-refractivity contribution in [2.24, 2.45) is 5.73 Å². The summed E-state index contributed by atoms with van der Waals surface area (Å²) in [6, 6.07) is 2.25. The van der Waals surface area contributed by atoms with Gasteiger partial charge in [0.1, 0.15) is 0 Å². The molecule has 1 aromatic rings. The lowest BCUT2D eigenvalue weighted by Crippen LogP contribution is -1.92. The third kappa shape index (κ3) is 33.3. The number of rotatable bonds is 33. The van der Waals surface area contributed by atoms with Gasteiger partial charge in [-0.15, -0.1) is 0 Å². The van der Waals surface area contributed by atoms with Gasteiger partial charge in [0.15, 0.2) is 0 Å². The van der Waals surface area contributed by atoms with Crippen molar-refractivity contribution in [3.8, 4) is 0 Å². The van der Waals surface area contributed by atoms with Gasteiger partial charge in [-0.1, -0.05) is 166 Å². The summed E-state index contributed by atoms with van der Waals surface area (Å²) in [7, 11) is 0. The number of hydrogen-bond acceptors (Lipinski definition) is 1. The molecule has 0 aliphatic rings. The van der Waals surface area contributed by atoms with Crippen LogP contribution in [0.25, 0.3) is 5.70 Å². The van der Waals surface area contributed by atoms with Crippen molar-refractivity contribution in [2.45, 2.75) is 129 Å². The molecule has 2 nitrogen and oxygen atoms in total. The molecule has 0 aromatic carbocycles. The van der Waals surface area contributed by atoms with Gasteiger partial charge in [0, 0.05) is 23.8 Å². The lowest BCUT2D eigenvalue weighted by Gasteiger charge is -2.05. The van der Waals surface area contributed by atoms with Crippen LogP contribution in [-0.4, -0.2) is 4.57 Å². The summed E-state index contributed by atoms with van der Waals surface area (Å²) in [5.41, 5.74) is 8.89. The molecule has 0 unspecified atom stereocenters. The smallest absolute Gasteiger partial charge is 0.0151 e. The van der Waals surface area contributed by atoms with Crippen molar-refractivity contribution in [2.75, 3.05) is 0 Å². The van der Waals surface area contributed by atoms with Gasteiger partial charge in [0.2, 0.25) is 0 Å². The maximum absolute atomic E-state index is 5.57. The second-order valence-corrected chi connectivity index (χ2v) is 13.4. The molecule has 1 aromatic heterocycles. The van der Waals surface area contributed by atoms with Crippen molar-refractivity contribution in [1.29, 1.82) is 0 Å². The average Bonchev–Trinajstić information content (AvgIpc) is 3.65. The summed E-state index contributed by atoms with van der Waals surface area (Å²) >= 11 is 0. The molecule has 0 saturated heterocycles. The Morgan fingerprint density at radius 1 is 0.481 bits per heavy atom. The Morgan fingerprint density at radius 2 is 0.833 bits per heavy atom. The number of nitrogens with two attached hydrogens (primary N) is 1. The first-order valence-corrected chi connectivity index (χ1v) is 20.7. The predicted molar refractivity (Wildman–Crippen MR) is 245 cm³/mol. The van der Waals surface area contributed by atoms with E-state index in [1.165, 1.54) is 18.4 Å². The summed E-state index contributed by atoms with van der Waals surface area (Å²) < 4.78 is 2.20. The van der Waals surface area contributed by atoms with E-state index in [1.54, 1.807) is 0 Å². The van der Waals surface area contributed by atoms with Gasteiger partial charge in [-0.2, -0.15) is 0 Å². The highest BCUT2D eigenvalue weighted by Gasteiger charge is 2.00. The third-order valence-electron chi connectivity index (χ3n) is 8.39. The van der Waals surface area contributed by atoms with Gasteiger partial charge in [0.25, 0.3) is 0 Å². The SMILES string of the molecule is C=C(N)CC/C=C/C/C=C/C/C=C/C/C=C/C/C=C/C/C=C/CCCCc1ccn(C(=C)CC/C=C/C/C=C/C/C=C/C/C=C/C/C=C/C/C=C/CC)c1. The molecule has 0 aliphatic heterocycles. The van der Waals surface area contributed by atoms with Crippen LogP contribution in [0.1, 0.15) is 128 Å². The number of hydrogen-bond donors (Lipinski definition) is 1. The van der Waals surface area contributed by atoms with Crippen molar-refractivity contribution in [3.05, 3.63) is 189 Å². The van der Waals surface area contributed by atoms with Crippen LogP contribution >= 0.6 is 0 Å². The Morgan fingerprint density at radius 3 is 1.22 bits per heavy atom. The summed E-state index contributed by atoms with van der Waals surface area (Å²) in [6.45, 7) is 10.2. The fourth-order valence-electron chi connectivity index (χ4n) is 5.25. The van der Waals surface area contributed by atoms with E-state index < -0.39 is 0 Å². The van der Waals surface area contributed by atoms with Gasteiger partial charge in [0.05, 0.1) is 0 Å². The number of unbranched alkanes of at least 4 members (excludes halogenated alkanes) is 2. The Labute approximate surface area is 332 Å². The van der Waals surface area contributed by atoms with Crippen LogP contribution < -0.4 is 5.73 Å². The van der Waals surface area contributed by atoms with Gasteiger partial charge < -0.3 is 10.3 Å². The first-order valence-electron chi connectivity index (χ1n) is 20.7. The molecular weight excluding hydrogens is 653 g/mol. The molecule has 0 aliphatic carbocycles. The molecule has 2 N–H and O–H groups in total. The topological polar surface area (TPSA) is 30.9 Å². The highest BCUT2D eigenvalue weighted by molar-refractivity contribution is 5.42. The standard InChI is InChI=1S/C52H74N2/c1-4-5-6-7-8-9-10-11-12-13-17-21-24-27-30-33-36-39-42-45-51(3)54-48-47-52(49-54)46-43-40-37-34-31-28-25-22-19-16-14-15-18-20-23-26-29-32-35-38-41-44-50(2)53/h5-6,8-9,11-12,14,16-18,20-22,25-27,29-31,34-36,38-39,47-49H,2-4,7,10,13,15,19,23-24,28,32-33,37,40-46,53H2,1H3/b6-5+,9-8+,12-11+,16-14+,20-18+,21-17+,25-22+,29-26+,30-27+,34-31+,38-35+,39-36+. The monoisotopic (exact) mass is 727 g/mol. The van der Waals surface area contributed by atoms with E-state index >= 15 is 0 Å². The zero-order valence-corrected chi connectivity index (χ0v) is 34.0. The van der Waals surface area contributed by atoms with E-state index in [-0.39, 0.29) is 0 Å². The molecule has 292 valence electrons. The zero-order chi connectivity index (χ0) is 38.8. The van der Waals surface area contributed by atoms with Crippen LogP contribution in [0.5, 0.6) is 0 Å². The fourth-order valence-corrected chi connectivity index (χ4v) is 5.25. The zero-order valence-electron chi connectivity index (χ0n) is 34.0. The number of allylic oxidation sites excluding steroid dienone is 26. The second-order valence-electron chi connectivity index (χ2n) is 13.4. The number of aryl methyl sites for hydroxylation is 1. The Balaban J connectivity index is 2.02. The summed E-state index contributed by atoms with van der Waals surface area (Å²) in [4.78, 5) is 0.